The number of ketones is 1. The van der Waals surface area contributed by atoms with Gasteiger partial charge in [0.2, 0.25) is 0 Å². The summed E-state index contributed by atoms with van der Waals surface area (Å²) in [5, 5.41) is 2.30. The highest BCUT2D eigenvalue weighted by atomic mass is 79.9. The lowest BCUT2D eigenvalue weighted by molar-refractivity contribution is 0.0967. The molecular weight excluding hydrogens is 324 g/mol. The predicted molar refractivity (Wildman–Crippen MR) is 88.9 cm³/mol. The van der Waals surface area contributed by atoms with Crippen molar-refractivity contribution in [3.05, 3.63) is 81.8 Å². The molecule has 0 fully saturated rings. The molecule has 1 nitrogen and oxygen atoms in total. The molecule has 0 aliphatic heterocycles. The molecule has 0 radical (unpaired) electrons. The molecule has 1 atom stereocenters. The highest BCUT2D eigenvalue weighted by molar-refractivity contribution is 9.10. The third kappa shape index (κ3) is 1.94. The van der Waals surface area contributed by atoms with Gasteiger partial charge in [0.15, 0.2) is 5.78 Å². The predicted octanol–water partition coefficient (Wildman–Crippen LogP) is 5.12. The van der Waals surface area contributed by atoms with Gasteiger partial charge in [-0.1, -0.05) is 70.5 Å². The van der Waals surface area contributed by atoms with E-state index in [2.05, 4.69) is 40.2 Å². The molecule has 4 rings (SSSR count). The second-order valence-electron chi connectivity index (χ2n) is 5.46. The first-order chi connectivity index (χ1) is 10.3. The Balaban J connectivity index is 1.85. The van der Waals surface area contributed by atoms with Crippen LogP contribution in [0.15, 0.2) is 65.1 Å². The van der Waals surface area contributed by atoms with E-state index in [1.54, 1.807) is 0 Å². The minimum atomic E-state index is -0.0650. The summed E-state index contributed by atoms with van der Waals surface area (Å²) < 4.78 is 1.07. The third-order valence-electron chi connectivity index (χ3n) is 4.28. The first-order valence-corrected chi connectivity index (χ1v) is 7.84. The summed E-state index contributed by atoms with van der Waals surface area (Å²) in [6.45, 7) is 0. The molecule has 102 valence electrons. The van der Waals surface area contributed by atoms with Gasteiger partial charge in [0, 0.05) is 10.0 Å². The maximum absolute atomic E-state index is 12.8. The molecule has 3 aromatic carbocycles. The lowest BCUT2D eigenvalue weighted by atomic mass is 9.92. The number of halogens is 1. The van der Waals surface area contributed by atoms with Crippen LogP contribution < -0.4 is 0 Å². The van der Waals surface area contributed by atoms with Crippen LogP contribution in [-0.4, -0.2) is 5.78 Å². The summed E-state index contributed by atoms with van der Waals surface area (Å²) >= 11 is 3.58. The van der Waals surface area contributed by atoms with E-state index in [-0.39, 0.29) is 11.7 Å². The Bertz CT molecular complexity index is 861. The molecular formula is C19H13BrO. The van der Waals surface area contributed by atoms with E-state index in [1.165, 1.54) is 11.1 Å². The molecule has 0 spiro atoms. The fourth-order valence-corrected chi connectivity index (χ4v) is 3.73. The quantitative estimate of drug-likeness (QED) is 0.634. The zero-order chi connectivity index (χ0) is 14.4. The van der Waals surface area contributed by atoms with Gasteiger partial charge in [-0.2, -0.15) is 0 Å². The van der Waals surface area contributed by atoms with Gasteiger partial charge in [0.1, 0.15) is 0 Å². The van der Waals surface area contributed by atoms with Crippen LogP contribution in [-0.2, 0) is 6.42 Å². The van der Waals surface area contributed by atoms with E-state index in [4.69, 9.17) is 0 Å². The van der Waals surface area contributed by atoms with Crippen molar-refractivity contribution in [2.24, 2.45) is 0 Å². The Morgan fingerprint density at radius 3 is 2.48 bits per heavy atom. The van der Waals surface area contributed by atoms with Crippen LogP contribution in [0.2, 0.25) is 0 Å². The van der Waals surface area contributed by atoms with Crippen molar-refractivity contribution >= 4 is 32.5 Å². The van der Waals surface area contributed by atoms with Crippen molar-refractivity contribution in [2.45, 2.75) is 12.3 Å². The minimum absolute atomic E-state index is 0.0650. The topological polar surface area (TPSA) is 17.1 Å². The Kier molecular flexibility index (Phi) is 2.93. The molecule has 21 heavy (non-hydrogen) atoms. The maximum Gasteiger partial charge on any atom is 0.171 e. The normalized spacial score (nSPS) is 16.6. The van der Waals surface area contributed by atoms with Crippen LogP contribution in [0.3, 0.4) is 0 Å². The summed E-state index contributed by atoms with van der Waals surface area (Å²) in [6.07, 6.45) is 0.744. The van der Waals surface area contributed by atoms with Crippen LogP contribution in [0.1, 0.15) is 27.4 Å². The number of hydrogen-bond donors (Lipinski definition) is 0. The van der Waals surface area contributed by atoms with Crippen LogP contribution in [0.4, 0.5) is 0 Å². The fraction of sp³-hybridized carbons (Fsp3) is 0.105. The monoisotopic (exact) mass is 336 g/mol. The average molecular weight is 337 g/mol. The van der Waals surface area contributed by atoms with Gasteiger partial charge in [-0.15, -0.1) is 0 Å². The zero-order valence-electron chi connectivity index (χ0n) is 11.3. The number of benzene rings is 3. The molecule has 1 aliphatic rings. The molecule has 1 aliphatic carbocycles. The van der Waals surface area contributed by atoms with E-state index >= 15 is 0 Å². The third-order valence-corrected chi connectivity index (χ3v) is 5.05. The number of carbonyl (C=O) groups is 1. The van der Waals surface area contributed by atoms with E-state index in [0.29, 0.717) is 0 Å². The zero-order valence-corrected chi connectivity index (χ0v) is 12.9. The van der Waals surface area contributed by atoms with Crippen LogP contribution in [0.5, 0.6) is 0 Å². The van der Waals surface area contributed by atoms with Crippen LogP contribution in [0.25, 0.3) is 10.8 Å². The summed E-state index contributed by atoms with van der Waals surface area (Å²) in [7, 11) is 0. The van der Waals surface area contributed by atoms with E-state index in [9.17, 15) is 4.79 Å². The molecule has 0 saturated carbocycles. The van der Waals surface area contributed by atoms with Gasteiger partial charge in [-0.05, 0) is 34.4 Å². The smallest absolute Gasteiger partial charge is 0.171 e. The first kappa shape index (κ1) is 12.8. The maximum atomic E-state index is 12.8. The lowest BCUT2D eigenvalue weighted by Crippen LogP contribution is -2.09. The van der Waals surface area contributed by atoms with E-state index in [1.807, 2.05) is 36.4 Å². The molecule has 0 N–H and O–H groups in total. The minimum Gasteiger partial charge on any atom is -0.293 e. The SMILES string of the molecule is O=C1c2cccc3cccc(c23)C1Cc1ccccc1Br. The number of hydrogen-bond acceptors (Lipinski definition) is 1. The Morgan fingerprint density at radius 1 is 0.905 bits per heavy atom. The number of rotatable bonds is 2. The van der Waals surface area contributed by atoms with Gasteiger partial charge in [0.25, 0.3) is 0 Å². The largest absolute Gasteiger partial charge is 0.293 e. The molecule has 2 heteroatoms. The van der Waals surface area contributed by atoms with Gasteiger partial charge in [-0.3, -0.25) is 4.79 Å². The average Bonchev–Trinajstić information content (AvgIpc) is 2.78. The molecule has 3 aromatic rings. The van der Waals surface area contributed by atoms with Crippen molar-refractivity contribution in [2.75, 3.05) is 0 Å². The second-order valence-corrected chi connectivity index (χ2v) is 6.32. The van der Waals surface area contributed by atoms with Crippen molar-refractivity contribution in [1.82, 2.24) is 0 Å². The van der Waals surface area contributed by atoms with Crippen molar-refractivity contribution in [3.63, 3.8) is 0 Å². The first-order valence-electron chi connectivity index (χ1n) is 7.05. The Labute approximate surface area is 131 Å². The van der Waals surface area contributed by atoms with Gasteiger partial charge < -0.3 is 0 Å². The van der Waals surface area contributed by atoms with Gasteiger partial charge >= 0.3 is 0 Å². The highest BCUT2D eigenvalue weighted by Gasteiger charge is 2.32. The van der Waals surface area contributed by atoms with Crippen molar-refractivity contribution in [1.29, 1.82) is 0 Å². The number of Topliss-reactive ketones (excluding diaryl/α,β-unsaturated/α-hetero) is 1. The second kappa shape index (κ2) is 4.81. The fourth-order valence-electron chi connectivity index (χ4n) is 3.28. The molecule has 0 bridgehead atoms. The summed E-state index contributed by atoms with van der Waals surface area (Å²) in [5.41, 5.74) is 3.23. The Hall–Kier alpha value is -1.93. The van der Waals surface area contributed by atoms with Gasteiger partial charge in [-0.25, -0.2) is 0 Å². The van der Waals surface area contributed by atoms with Gasteiger partial charge in [0.05, 0.1) is 5.92 Å². The van der Waals surface area contributed by atoms with Crippen molar-refractivity contribution < 1.29 is 4.79 Å². The van der Waals surface area contributed by atoms with Crippen LogP contribution >= 0.6 is 15.9 Å². The Morgan fingerprint density at radius 2 is 1.67 bits per heavy atom. The van der Waals surface area contributed by atoms with E-state index in [0.717, 1.165) is 27.2 Å². The summed E-state index contributed by atoms with van der Waals surface area (Å²) in [6, 6.07) is 20.4. The highest BCUT2D eigenvalue weighted by Crippen LogP contribution is 2.40. The summed E-state index contributed by atoms with van der Waals surface area (Å²) in [5.74, 6) is 0.183. The summed E-state index contributed by atoms with van der Waals surface area (Å²) in [4.78, 5) is 12.8. The number of carbonyl (C=O) groups excluding carboxylic acids is 1. The molecule has 0 amide bonds. The lowest BCUT2D eigenvalue weighted by Gasteiger charge is -2.12. The van der Waals surface area contributed by atoms with Crippen molar-refractivity contribution in [3.8, 4) is 0 Å². The van der Waals surface area contributed by atoms with Crippen LogP contribution in [0, 0.1) is 0 Å². The van der Waals surface area contributed by atoms with E-state index < -0.39 is 0 Å². The molecule has 0 heterocycles. The molecule has 1 unspecified atom stereocenters. The molecule has 0 aromatic heterocycles. The standard InChI is InChI=1S/C19H13BrO/c20-17-10-2-1-5-13(17)11-16-14-8-3-6-12-7-4-9-15(18(12)14)19(16)21/h1-10,16H,11H2. The molecule has 0 saturated heterocycles.